The molecule has 1 amide bonds. The number of piperidine rings is 1. The van der Waals surface area contributed by atoms with E-state index in [0.29, 0.717) is 6.54 Å². The molecule has 1 saturated heterocycles. The molecule has 112 valence electrons. The van der Waals surface area contributed by atoms with Gasteiger partial charge in [0.1, 0.15) is 5.76 Å². The average Bonchev–Trinajstić information content (AvgIpc) is 3.11. The van der Waals surface area contributed by atoms with Gasteiger partial charge >= 0.3 is 0 Å². The van der Waals surface area contributed by atoms with E-state index in [1.54, 1.807) is 6.26 Å². The Morgan fingerprint density at radius 1 is 1.24 bits per heavy atom. The summed E-state index contributed by atoms with van der Waals surface area (Å²) in [6, 6.07) is 5.86. The van der Waals surface area contributed by atoms with Crippen molar-refractivity contribution in [3.05, 3.63) is 47.2 Å². The van der Waals surface area contributed by atoms with Gasteiger partial charge in [-0.25, -0.2) is 0 Å². The summed E-state index contributed by atoms with van der Waals surface area (Å²) < 4.78 is 7.57. The van der Waals surface area contributed by atoms with Crippen LogP contribution in [0.1, 0.15) is 46.8 Å². The normalized spacial score (nSPS) is 15.4. The van der Waals surface area contributed by atoms with Crippen molar-refractivity contribution in [3.8, 4) is 0 Å². The molecule has 21 heavy (non-hydrogen) atoms. The number of carbonyl (C=O) groups excluding carboxylic acids is 1. The number of nitrogens with zero attached hydrogens (tertiary/aromatic N) is 2. The molecule has 4 nitrogen and oxygen atoms in total. The van der Waals surface area contributed by atoms with Crippen molar-refractivity contribution in [2.24, 2.45) is 0 Å². The van der Waals surface area contributed by atoms with Gasteiger partial charge in [0.15, 0.2) is 0 Å². The second kappa shape index (κ2) is 5.80. The van der Waals surface area contributed by atoms with Crippen molar-refractivity contribution in [1.82, 2.24) is 9.47 Å². The van der Waals surface area contributed by atoms with Crippen LogP contribution in [0.2, 0.25) is 0 Å². The van der Waals surface area contributed by atoms with Gasteiger partial charge in [-0.15, -0.1) is 0 Å². The first kappa shape index (κ1) is 14.0. The number of carbonyl (C=O) groups is 1. The van der Waals surface area contributed by atoms with Gasteiger partial charge in [-0.2, -0.15) is 0 Å². The van der Waals surface area contributed by atoms with Crippen LogP contribution in [0.5, 0.6) is 0 Å². The maximum Gasteiger partial charge on any atom is 0.255 e. The summed E-state index contributed by atoms with van der Waals surface area (Å²) in [5.41, 5.74) is 2.96. The summed E-state index contributed by atoms with van der Waals surface area (Å²) in [5.74, 6) is 1.09. The van der Waals surface area contributed by atoms with Gasteiger partial charge in [-0.05, 0) is 51.3 Å². The molecule has 1 aliphatic heterocycles. The molecule has 4 heteroatoms. The van der Waals surface area contributed by atoms with E-state index in [4.69, 9.17) is 4.42 Å². The van der Waals surface area contributed by atoms with Crippen molar-refractivity contribution in [1.29, 1.82) is 0 Å². The lowest BCUT2D eigenvalue weighted by molar-refractivity contribution is 0.0723. The lowest BCUT2D eigenvalue weighted by atomic mass is 10.1. The Hall–Kier alpha value is -1.97. The first-order valence-electron chi connectivity index (χ1n) is 7.65. The predicted octanol–water partition coefficient (Wildman–Crippen LogP) is 3.37. The van der Waals surface area contributed by atoms with Crippen LogP contribution in [0.15, 0.2) is 28.9 Å². The van der Waals surface area contributed by atoms with Crippen LogP contribution < -0.4 is 0 Å². The zero-order valence-electron chi connectivity index (χ0n) is 12.8. The van der Waals surface area contributed by atoms with Crippen molar-refractivity contribution in [3.63, 3.8) is 0 Å². The summed E-state index contributed by atoms with van der Waals surface area (Å²) in [5, 5.41) is 0. The Kier molecular flexibility index (Phi) is 3.86. The van der Waals surface area contributed by atoms with Gasteiger partial charge in [-0.3, -0.25) is 4.79 Å². The summed E-state index contributed by atoms with van der Waals surface area (Å²) in [6.45, 7) is 6.52. The summed E-state index contributed by atoms with van der Waals surface area (Å²) in [6.07, 6.45) is 5.17. The third-order valence-corrected chi connectivity index (χ3v) is 4.34. The smallest absolute Gasteiger partial charge is 0.255 e. The molecule has 0 radical (unpaired) electrons. The van der Waals surface area contributed by atoms with Crippen LogP contribution >= 0.6 is 0 Å². The Morgan fingerprint density at radius 3 is 2.67 bits per heavy atom. The Bertz CT molecular complexity index is 620. The molecule has 0 aliphatic carbocycles. The topological polar surface area (TPSA) is 38.4 Å². The fourth-order valence-electron chi connectivity index (χ4n) is 3.09. The number of hydrogen-bond donors (Lipinski definition) is 0. The lowest BCUT2D eigenvalue weighted by Gasteiger charge is -2.26. The molecule has 2 aromatic rings. The molecular weight excluding hydrogens is 264 g/mol. The molecule has 1 fully saturated rings. The van der Waals surface area contributed by atoms with E-state index < -0.39 is 0 Å². The monoisotopic (exact) mass is 286 g/mol. The van der Waals surface area contributed by atoms with E-state index in [9.17, 15) is 4.79 Å². The number of aryl methyl sites for hydroxylation is 1. The molecule has 0 bridgehead atoms. The zero-order valence-corrected chi connectivity index (χ0v) is 12.8. The Morgan fingerprint density at radius 2 is 2.00 bits per heavy atom. The average molecular weight is 286 g/mol. The quantitative estimate of drug-likeness (QED) is 0.867. The van der Waals surface area contributed by atoms with Crippen molar-refractivity contribution < 1.29 is 9.21 Å². The minimum absolute atomic E-state index is 0.175. The first-order valence-corrected chi connectivity index (χ1v) is 7.65. The molecule has 0 N–H and O–H groups in total. The minimum Gasteiger partial charge on any atom is -0.467 e. The second-order valence-electron chi connectivity index (χ2n) is 5.80. The summed E-state index contributed by atoms with van der Waals surface area (Å²) in [4.78, 5) is 14.7. The molecule has 1 aliphatic rings. The van der Waals surface area contributed by atoms with Crippen molar-refractivity contribution in [2.45, 2.75) is 39.7 Å². The Balaban J connectivity index is 1.84. The van der Waals surface area contributed by atoms with Gasteiger partial charge in [0.05, 0.1) is 18.4 Å². The highest BCUT2D eigenvalue weighted by atomic mass is 16.3. The number of amides is 1. The van der Waals surface area contributed by atoms with Gasteiger partial charge in [0.2, 0.25) is 0 Å². The van der Waals surface area contributed by atoms with Crippen LogP contribution in [0.3, 0.4) is 0 Å². The van der Waals surface area contributed by atoms with Gasteiger partial charge in [0.25, 0.3) is 5.91 Å². The molecule has 0 saturated carbocycles. The Labute approximate surface area is 125 Å². The van der Waals surface area contributed by atoms with Crippen LogP contribution in [0, 0.1) is 13.8 Å². The van der Waals surface area contributed by atoms with E-state index in [1.807, 2.05) is 36.9 Å². The minimum atomic E-state index is 0.175. The first-order chi connectivity index (χ1) is 10.2. The largest absolute Gasteiger partial charge is 0.467 e. The molecule has 2 aromatic heterocycles. The highest BCUT2D eigenvalue weighted by Gasteiger charge is 2.22. The van der Waals surface area contributed by atoms with Gasteiger partial charge < -0.3 is 13.9 Å². The van der Waals surface area contributed by atoms with Crippen LogP contribution in [-0.2, 0) is 6.54 Å². The van der Waals surface area contributed by atoms with E-state index >= 15 is 0 Å². The molecular formula is C17H22N2O2. The fourth-order valence-corrected chi connectivity index (χ4v) is 3.09. The number of hydrogen-bond acceptors (Lipinski definition) is 2. The van der Waals surface area contributed by atoms with Gasteiger partial charge in [-0.1, -0.05) is 0 Å². The molecule has 0 spiro atoms. The summed E-state index contributed by atoms with van der Waals surface area (Å²) >= 11 is 0. The number of rotatable bonds is 3. The maximum atomic E-state index is 12.7. The van der Waals surface area contributed by atoms with Crippen LogP contribution in [0.4, 0.5) is 0 Å². The van der Waals surface area contributed by atoms with E-state index in [2.05, 4.69) is 4.57 Å². The molecule has 3 heterocycles. The SMILES string of the molecule is Cc1cc(C(=O)N2CCCCC2)c(C)n1Cc1ccco1. The predicted molar refractivity (Wildman–Crippen MR) is 81.5 cm³/mol. The summed E-state index contributed by atoms with van der Waals surface area (Å²) in [7, 11) is 0. The number of aromatic nitrogens is 1. The van der Waals surface area contributed by atoms with Gasteiger partial charge in [0, 0.05) is 24.5 Å². The van der Waals surface area contributed by atoms with E-state index in [-0.39, 0.29) is 5.91 Å². The van der Waals surface area contributed by atoms with E-state index in [0.717, 1.165) is 48.6 Å². The van der Waals surface area contributed by atoms with Crippen molar-refractivity contribution in [2.75, 3.05) is 13.1 Å². The van der Waals surface area contributed by atoms with Crippen molar-refractivity contribution >= 4 is 5.91 Å². The maximum absolute atomic E-state index is 12.7. The van der Waals surface area contributed by atoms with Crippen LogP contribution in [-0.4, -0.2) is 28.5 Å². The third kappa shape index (κ3) is 2.75. The highest BCUT2D eigenvalue weighted by molar-refractivity contribution is 5.95. The van der Waals surface area contributed by atoms with E-state index in [1.165, 1.54) is 6.42 Å². The highest BCUT2D eigenvalue weighted by Crippen LogP contribution is 2.21. The zero-order chi connectivity index (χ0) is 14.8. The second-order valence-corrected chi connectivity index (χ2v) is 5.80. The third-order valence-electron chi connectivity index (χ3n) is 4.34. The molecule has 0 aromatic carbocycles. The number of furan rings is 1. The molecule has 0 unspecified atom stereocenters. The standard InChI is InChI=1S/C17H22N2O2/c1-13-11-16(17(20)18-8-4-3-5-9-18)14(2)19(13)12-15-7-6-10-21-15/h6-7,10-11H,3-5,8-9,12H2,1-2H3. The fraction of sp³-hybridized carbons (Fsp3) is 0.471. The van der Waals surface area contributed by atoms with Crippen LogP contribution in [0.25, 0.3) is 0 Å². The lowest BCUT2D eigenvalue weighted by Crippen LogP contribution is -2.35. The molecule has 0 atom stereocenters. The number of likely N-dealkylation sites (tertiary alicyclic amines) is 1. The molecule has 3 rings (SSSR count).